The number of fused-ring (bicyclic) bond motifs is 1. The topological polar surface area (TPSA) is 22.1 Å². The van der Waals surface area contributed by atoms with E-state index in [1.807, 2.05) is 36.4 Å². The molecule has 2 aromatic carbocycles. The van der Waals surface area contributed by atoms with E-state index in [0.717, 1.165) is 20.8 Å². The number of hydrogen-bond acceptors (Lipinski definition) is 2. The van der Waals surface area contributed by atoms with Gasteiger partial charge in [0.15, 0.2) is 0 Å². The average molecular weight is 383 g/mol. The van der Waals surface area contributed by atoms with Gasteiger partial charge in [-0.05, 0) is 44.4 Å². The molecule has 5 heteroatoms. The number of benzene rings is 2. The molecule has 0 saturated carbocycles. The second kappa shape index (κ2) is 6.22. The molecular weight excluding hydrogens is 373 g/mol. The fourth-order valence-corrected chi connectivity index (χ4v) is 2.96. The number of nitrogens with zero attached hydrogens (tertiary/aromatic N) is 1. The number of pyridine rings is 1. The molecule has 0 amide bonds. The van der Waals surface area contributed by atoms with Crippen molar-refractivity contribution in [3.63, 3.8) is 0 Å². The lowest BCUT2D eigenvalue weighted by Gasteiger charge is -2.10. The average Bonchev–Trinajstić information content (AvgIpc) is 2.52. The van der Waals surface area contributed by atoms with E-state index in [9.17, 15) is 0 Å². The van der Waals surface area contributed by atoms with Crippen molar-refractivity contribution >= 4 is 49.9 Å². The van der Waals surface area contributed by atoms with Gasteiger partial charge in [0, 0.05) is 12.1 Å². The minimum absolute atomic E-state index is 0.363. The summed E-state index contributed by atoms with van der Waals surface area (Å²) in [6.07, 6.45) is 1.66. The Bertz CT molecular complexity index is 807. The fourth-order valence-electron chi connectivity index (χ4n) is 2.01. The summed E-state index contributed by atoms with van der Waals surface area (Å²) in [6, 6.07) is 13.7. The van der Waals surface area contributed by atoms with Crippen molar-refractivity contribution in [3.05, 3.63) is 63.7 Å². The van der Waals surface area contributed by atoms with Gasteiger partial charge in [-0.25, -0.2) is 4.98 Å². The molecule has 0 saturated heterocycles. The molecule has 106 valence electrons. The third-order valence-corrected chi connectivity index (χ3v) is 4.45. The fraction of sp³-hybridized carbons (Fsp3) is 0.0625. The summed E-state index contributed by atoms with van der Waals surface area (Å²) in [7, 11) is 0. The molecule has 0 unspecified atom stereocenters. The Hall–Kier alpha value is -1.29. The van der Waals surface area contributed by atoms with Crippen molar-refractivity contribution < 1.29 is 4.74 Å². The molecule has 0 N–H and O–H groups in total. The zero-order valence-corrected chi connectivity index (χ0v) is 13.9. The number of alkyl halides is 1. The van der Waals surface area contributed by atoms with Crippen LogP contribution >= 0.6 is 39.1 Å². The SMILES string of the molecule is ClCc1cnc(Oc2ccc3ccccc3c2Br)c(Cl)c1. The Kier molecular flexibility index (Phi) is 4.34. The van der Waals surface area contributed by atoms with E-state index in [1.54, 1.807) is 12.3 Å². The van der Waals surface area contributed by atoms with E-state index in [4.69, 9.17) is 27.9 Å². The van der Waals surface area contributed by atoms with Gasteiger partial charge in [-0.15, -0.1) is 11.6 Å². The molecule has 0 bridgehead atoms. The van der Waals surface area contributed by atoms with E-state index < -0.39 is 0 Å². The van der Waals surface area contributed by atoms with Gasteiger partial charge in [-0.2, -0.15) is 0 Å². The van der Waals surface area contributed by atoms with E-state index in [2.05, 4.69) is 20.9 Å². The van der Waals surface area contributed by atoms with Crippen LogP contribution in [-0.2, 0) is 5.88 Å². The molecular formula is C16H10BrCl2NO. The predicted molar refractivity (Wildman–Crippen MR) is 90.5 cm³/mol. The lowest BCUT2D eigenvalue weighted by Crippen LogP contribution is -1.92. The van der Waals surface area contributed by atoms with Crippen LogP contribution in [0.2, 0.25) is 5.02 Å². The van der Waals surface area contributed by atoms with Crippen LogP contribution in [0.15, 0.2) is 53.1 Å². The van der Waals surface area contributed by atoms with E-state index in [0.29, 0.717) is 22.5 Å². The molecule has 1 aromatic heterocycles. The second-order valence-corrected chi connectivity index (χ2v) is 5.93. The zero-order valence-electron chi connectivity index (χ0n) is 10.8. The largest absolute Gasteiger partial charge is 0.436 e. The molecule has 0 aliphatic rings. The molecule has 0 aliphatic heterocycles. The predicted octanol–water partition coefficient (Wildman–Crippen LogP) is 6.18. The van der Waals surface area contributed by atoms with Crippen molar-refractivity contribution in [2.75, 3.05) is 0 Å². The van der Waals surface area contributed by atoms with Crippen LogP contribution < -0.4 is 4.74 Å². The third kappa shape index (κ3) is 3.00. The molecule has 3 rings (SSSR count). The third-order valence-electron chi connectivity index (χ3n) is 3.05. The Morgan fingerprint density at radius 2 is 1.95 bits per heavy atom. The van der Waals surface area contributed by atoms with Crippen molar-refractivity contribution in [1.82, 2.24) is 4.98 Å². The summed E-state index contributed by atoms with van der Waals surface area (Å²) in [5.74, 6) is 1.40. The van der Waals surface area contributed by atoms with E-state index in [1.165, 1.54) is 0 Å². The summed E-state index contributed by atoms with van der Waals surface area (Å²) in [5.41, 5.74) is 0.853. The molecule has 0 radical (unpaired) electrons. The van der Waals surface area contributed by atoms with Gasteiger partial charge in [0.2, 0.25) is 5.88 Å². The maximum atomic E-state index is 6.17. The summed E-state index contributed by atoms with van der Waals surface area (Å²) in [6.45, 7) is 0. The van der Waals surface area contributed by atoms with Crippen LogP contribution in [0.3, 0.4) is 0 Å². The van der Waals surface area contributed by atoms with Gasteiger partial charge in [0.05, 0.1) is 4.47 Å². The Morgan fingerprint density at radius 3 is 2.71 bits per heavy atom. The minimum atomic E-state index is 0.363. The Balaban J connectivity index is 2.00. The summed E-state index contributed by atoms with van der Waals surface area (Å²) >= 11 is 15.5. The number of aromatic nitrogens is 1. The van der Waals surface area contributed by atoms with Crippen molar-refractivity contribution in [2.24, 2.45) is 0 Å². The van der Waals surface area contributed by atoms with Gasteiger partial charge in [-0.1, -0.05) is 41.9 Å². The summed E-state index contributed by atoms with van der Waals surface area (Å²) < 4.78 is 6.69. The minimum Gasteiger partial charge on any atom is -0.436 e. The maximum absolute atomic E-state index is 6.17. The van der Waals surface area contributed by atoms with Crippen LogP contribution in [0.4, 0.5) is 0 Å². The zero-order chi connectivity index (χ0) is 14.8. The first kappa shape index (κ1) is 14.6. The Labute approximate surface area is 140 Å². The molecule has 1 heterocycles. The number of rotatable bonds is 3. The first-order valence-electron chi connectivity index (χ1n) is 6.24. The second-order valence-electron chi connectivity index (χ2n) is 4.47. The smallest absolute Gasteiger partial charge is 0.238 e. The van der Waals surface area contributed by atoms with Crippen molar-refractivity contribution in [3.8, 4) is 11.6 Å². The van der Waals surface area contributed by atoms with Crippen LogP contribution in [0, 0.1) is 0 Å². The van der Waals surface area contributed by atoms with Gasteiger partial charge >= 0.3 is 0 Å². The van der Waals surface area contributed by atoms with E-state index >= 15 is 0 Å². The molecule has 0 fully saturated rings. The highest BCUT2D eigenvalue weighted by Crippen LogP contribution is 2.37. The van der Waals surface area contributed by atoms with Crippen LogP contribution in [0.25, 0.3) is 10.8 Å². The maximum Gasteiger partial charge on any atom is 0.238 e. The highest BCUT2D eigenvalue weighted by Gasteiger charge is 2.10. The molecule has 3 aromatic rings. The van der Waals surface area contributed by atoms with Gasteiger partial charge in [0.1, 0.15) is 10.8 Å². The van der Waals surface area contributed by atoms with Gasteiger partial charge in [-0.3, -0.25) is 0 Å². The number of halogens is 3. The first-order valence-corrected chi connectivity index (χ1v) is 7.95. The van der Waals surface area contributed by atoms with E-state index in [-0.39, 0.29) is 0 Å². The van der Waals surface area contributed by atoms with Gasteiger partial charge in [0.25, 0.3) is 0 Å². The van der Waals surface area contributed by atoms with Crippen molar-refractivity contribution in [1.29, 1.82) is 0 Å². The lowest BCUT2D eigenvalue weighted by atomic mass is 10.1. The lowest BCUT2D eigenvalue weighted by molar-refractivity contribution is 0.461. The molecule has 0 atom stereocenters. The summed E-state index contributed by atoms with van der Waals surface area (Å²) in [5, 5.41) is 2.64. The van der Waals surface area contributed by atoms with Gasteiger partial charge < -0.3 is 4.74 Å². The van der Waals surface area contributed by atoms with Crippen LogP contribution in [0.1, 0.15) is 5.56 Å². The van der Waals surface area contributed by atoms with Crippen molar-refractivity contribution in [2.45, 2.75) is 5.88 Å². The molecule has 0 spiro atoms. The van der Waals surface area contributed by atoms with Crippen LogP contribution in [0.5, 0.6) is 11.6 Å². The highest BCUT2D eigenvalue weighted by atomic mass is 79.9. The quantitative estimate of drug-likeness (QED) is 0.504. The van der Waals surface area contributed by atoms with Crippen LogP contribution in [-0.4, -0.2) is 4.98 Å². The monoisotopic (exact) mass is 381 g/mol. The Morgan fingerprint density at radius 1 is 1.14 bits per heavy atom. The summed E-state index contributed by atoms with van der Waals surface area (Å²) in [4.78, 5) is 4.21. The highest BCUT2D eigenvalue weighted by molar-refractivity contribution is 9.10. The number of hydrogen-bond donors (Lipinski definition) is 0. The number of ether oxygens (including phenoxy) is 1. The molecule has 21 heavy (non-hydrogen) atoms. The first-order chi connectivity index (χ1) is 10.2. The molecule has 2 nitrogen and oxygen atoms in total. The standard InChI is InChI=1S/C16H10BrCl2NO/c17-15-12-4-2-1-3-11(12)5-6-14(15)21-16-13(19)7-10(8-18)9-20-16/h1-7,9H,8H2. The normalized spacial score (nSPS) is 10.8. The molecule has 0 aliphatic carbocycles.